The molecule has 0 aliphatic rings. The number of hydrogen-bond acceptors (Lipinski definition) is 4. The van der Waals surface area contributed by atoms with Crippen molar-refractivity contribution in [3.63, 3.8) is 0 Å². The van der Waals surface area contributed by atoms with Crippen LogP contribution >= 0.6 is 0 Å². The smallest absolute Gasteiger partial charge is 0.297 e. The highest BCUT2D eigenvalue weighted by Gasteiger charge is 2.18. The number of carbonyl (C=O) groups is 1. The standard InChI is InChI=1S/C12H16O4S/c1-2-3-6-9-16-17(14,15)12-8-5-4-7-11(12)10-13/h4-5,7-8,10H,2-3,6,9H2,1H3. The van der Waals surface area contributed by atoms with Crippen LogP contribution in [0.3, 0.4) is 0 Å². The Kier molecular flexibility index (Phi) is 5.31. The number of aldehydes is 1. The van der Waals surface area contributed by atoms with Crippen LogP contribution in [0.2, 0.25) is 0 Å². The van der Waals surface area contributed by atoms with Crippen molar-refractivity contribution in [2.75, 3.05) is 6.61 Å². The molecule has 1 aromatic carbocycles. The fourth-order valence-electron chi connectivity index (χ4n) is 1.39. The third-order valence-corrected chi connectivity index (χ3v) is 3.69. The minimum absolute atomic E-state index is 0.0634. The number of benzene rings is 1. The molecule has 0 spiro atoms. The van der Waals surface area contributed by atoms with Gasteiger partial charge in [-0.25, -0.2) is 0 Å². The van der Waals surface area contributed by atoms with E-state index in [0.717, 1.165) is 12.8 Å². The van der Waals surface area contributed by atoms with Gasteiger partial charge in [-0.1, -0.05) is 38.0 Å². The molecule has 0 heterocycles. The van der Waals surface area contributed by atoms with Crippen LogP contribution in [0.15, 0.2) is 29.2 Å². The van der Waals surface area contributed by atoms with Crippen LogP contribution in [0.5, 0.6) is 0 Å². The molecule has 0 saturated heterocycles. The third-order valence-electron chi connectivity index (χ3n) is 2.30. The lowest BCUT2D eigenvalue weighted by Gasteiger charge is -2.06. The third kappa shape index (κ3) is 3.94. The Morgan fingerprint density at radius 1 is 1.24 bits per heavy atom. The van der Waals surface area contributed by atoms with Crippen molar-refractivity contribution in [2.24, 2.45) is 0 Å². The van der Waals surface area contributed by atoms with Crippen molar-refractivity contribution in [3.05, 3.63) is 29.8 Å². The van der Waals surface area contributed by atoms with Gasteiger partial charge in [0.1, 0.15) is 4.90 Å². The molecule has 4 nitrogen and oxygen atoms in total. The van der Waals surface area contributed by atoms with E-state index in [9.17, 15) is 13.2 Å². The van der Waals surface area contributed by atoms with Crippen molar-refractivity contribution < 1.29 is 17.4 Å². The molecule has 0 radical (unpaired) electrons. The van der Waals surface area contributed by atoms with Crippen molar-refractivity contribution in [1.29, 1.82) is 0 Å². The molecule has 0 N–H and O–H groups in total. The lowest BCUT2D eigenvalue weighted by Crippen LogP contribution is -2.10. The molecule has 94 valence electrons. The quantitative estimate of drug-likeness (QED) is 0.427. The number of rotatable bonds is 7. The second kappa shape index (κ2) is 6.51. The Morgan fingerprint density at radius 2 is 1.94 bits per heavy atom. The van der Waals surface area contributed by atoms with Crippen LogP contribution in [0.1, 0.15) is 36.5 Å². The Hall–Kier alpha value is -1.20. The van der Waals surface area contributed by atoms with Gasteiger partial charge in [-0.05, 0) is 12.5 Å². The number of hydrogen-bond donors (Lipinski definition) is 0. The van der Waals surface area contributed by atoms with E-state index < -0.39 is 10.1 Å². The summed E-state index contributed by atoms with van der Waals surface area (Å²) in [6.45, 7) is 2.18. The molecule has 0 atom stereocenters. The fourth-order valence-corrected chi connectivity index (χ4v) is 2.50. The first-order chi connectivity index (χ1) is 8.11. The van der Waals surface area contributed by atoms with Crippen molar-refractivity contribution >= 4 is 16.4 Å². The SMILES string of the molecule is CCCCCOS(=O)(=O)c1ccccc1C=O. The summed E-state index contributed by atoms with van der Waals surface area (Å²) in [5.41, 5.74) is 0.128. The first kappa shape index (κ1) is 13.9. The van der Waals surface area contributed by atoms with Gasteiger partial charge in [0.15, 0.2) is 6.29 Å². The first-order valence-electron chi connectivity index (χ1n) is 5.55. The lowest BCUT2D eigenvalue weighted by molar-refractivity contribution is 0.112. The topological polar surface area (TPSA) is 60.4 Å². The molecule has 0 amide bonds. The summed E-state index contributed by atoms with van der Waals surface area (Å²) in [6, 6.07) is 6.00. The molecule has 5 heteroatoms. The average Bonchev–Trinajstić information content (AvgIpc) is 2.34. The molecule has 0 bridgehead atoms. The van der Waals surface area contributed by atoms with Crippen LogP contribution in [0, 0.1) is 0 Å². The zero-order valence-electron chi connectivity index (χ0n) is 9.76. The molecular weight excluding hydrogens is 240 g/mol. The van der Waals surface area contributed by atoms with Gasteiger partial charge in [0.2, 0.25) is 0 Å². The second-order valence-corrected chi connectivity index (χ2v) is 5.22. The zero-order valence-corrected chi connectivity index (χ0v) is 10.6. The summed E-state index contributed by atoms with van der Waals surface area (Å²) in [7, 11) is -3.81. The molecule has 0 aromatic heterocycles. The predicted molar refractivity (Wildman–Crippen MR) is 64.5 cm³/mol. The van der Waals surface area contributed by atoms with Gasteiger partial charge in [-0.2, -0.15) is 8.42 Å². The Bertz CT molecular complexity index is 465. The van der Waals surface area contributed by atoms with Crippen LogP contribution in [-0.2, 0) is 14.3 Å². The molecule has 0 aliphatic carbocycles. The van der Waals surface area contributed by atoms with Gasteiger partial charge >= 0.3 is 0 Å². The minimum Gasteiger partial charge on any atom is -0.298 e. The van der Waals surface area contributed by atoms with Crippen molar-refractivity contribution in [3.8, 4) is 0 Å². The lowest BCUT2D eigenvalue weighted by atomic mass is 10.2. The summed E-state index contributed by atoms with van der Waals surface area (Å²) in [5, 5.41) is 0. The van der Waals surface area contributed by atoms with E-state index in [2.05, 4.69) is 0 Å². The average molecular weight is 256 g/mol. The second-order valence-electron chi connectivity index (χ2n) is 3.64. The molecule has 1 aromatic rings. The van der Waals surface area contributed by atoms with Crippen LogP contribution < -0.4 is 0 Å². The van der Waals surface area contributed by atoms with Gasteiger partial charge in [0, 0.05) is 5.56 Å². The summed E-state index contributed by atoms with van der Waals surface area (Å²) in [4.78, 5) is 10.7. The first-order valence-corrected chi connectivity index (χ1v) is 6.96. The van der Waals surface area contributed by atoms with Gasteiger partial charge in [-0.3, -0.25) is 8.98 Å². The predicted octanol–water partition coefficient (Wildman–Crippen LogP) is 2.39. The monoisotopic (exact) mass is 256 g/mol. The maximum atomic E-state index is 11.8. The van der Waals surface area contributed by atoms with Crippen molar-refractivity contribution in [1.82, 2.24) is 0 Å². The molecule has 1 rings (SSSR count). The molecule has 0 saturated carbocycles. The molecule has 0 aliphatic heterocycles. The Morgan fingerprint density at radius 3 is 2.59 bits per heavy atom. The van der Waals surface area contributed by atoms with Gasteiger partial charge in [0.25, 0.3) is 10.1 Å². The molecular formula is C12H16O4S. The van der Waals surface area contributed by atoms with E-state index in [4.69, 9.17) is 4.18 Å². The maximum absolute atomic E-state index is 11.8. The van der Waals surface area contributed by atoms with Crippen molar-refractivity contribution in [2.45, 2.75) is 31.1 Å². The van der Waals surface area contributed by atoms with E-state index >= 15 is 0 Å². The van der Waals surface area contributed by atoms with Gasteiger partial charge in [-0.15, -0.1) is 0 Å². The van der Waals surface area contributed by atoms with Crippen LogP contribution in [-0.4, -0.2) is 21.3 Å². The van der Waals surface area contributed by atoms with Gasteiger partial charge in [0.05, 0.1) is 6.61 Å². The summed E-state index contributed by atoms with van der Waals surface area (Å²) in [6.07, 6.45) is 3.13. The van der Waals surface area contributed by atoms with Gasteiger partial charge < -0.3 is 0 Å². The maximum Gasteiger partial charge on any atom is 0.297 e. The highest BCUT2D eigenvalue weighted by Crippen LogP contribution is 2.16. The number of unbranched alkanes of at least 4 members (excludes halogenated alkanes) is 2. The van der Waals surface area contributed by atoms with E-state index in [1.54, 1.807) is 12.1 Å². The van der Waals surface area contributed by atoms with E-state index in [1.807, 2.05) is 6.92 Å². The van der Waals surface area contributed by atoms with Crippen LogP contribution in [0.4, 0.5) is 0 Å². The fraction of sp³-hybridized carbons (Fsp3) is 0.417. The number of carbonyl (C=O) groups excluding carboxylic acids is 1. The van der Waals surface area contributed by atoms with E-state index in [1.165, 1.54) is 12.1 Å². The Balaban J connectivity index is 2.79. The molecule has 0 unspecified atom stereocenters. The van der Waals surface area contributed by atoms with Crippen LogP contribution in [0.25, 0.3) is 0 Å². The van der Waals surface area contributed by atoms with E-state index in [-0.39, 0.29) is 17.1 Å². The Labute approximate surface area is 102 Å². The normalized spacial score (nSPS) is 11.4. The summed E-state index contributed by atoms with van der Waals surface area (Å²) >= 11 is 0. The largest absolute Gasteiger partial charge is 0.298 e. The minimum atomic E-state index is -3.81. The van der Waals surface area contributed by atoms with E-state index in [0.29, 0.717) is 12.7 Å². The molecule has 0 fully saturated rings. The summed E-state index contributed by atoms with van der Waals surface area (Å²) in [5.74, 6) is 0. The zero-order chi connectivity index (χ0) is 12.7. The highest BCUT2D eigenvalue weighted by molar-refractivity contribution is 7.86. The molecule has 17 heavy (non-hydrogen) atoms. The summed E-state index contributed by atoms with van der Waals surface area (Å²) < 4.78 is 28.5. The highest BCUT2D eigenvalue weighted by atomic mass is 32.2.